The predicted octanol–water partition coefficient (Wildman–Crippen LogP) is 6.16. The van der Waals surface area contributed by atoms with Gasteiger partial charge in [0.15, 0.2) is 11.5 Å². The fraction of sp³-hybridized carbons (Fsp3) is 0.208. The molecule has 0 bridgehead atoms. The maximum Gasteiger partial charge on any atom is 0.161 e. The van der Waals surface area contributed by atoms with E-state index in [2.05, 4.69) is 49.4 Å². The van der Waals surface area contributed by atoms with Crippen molar-refractivity contribution in [1.82, 2.24) is 4.98 Å². The topological polar surface area (TPSA) is 31.4 Å². The van der Waals surface area contributed by atoms with Gasteiger partial charge in [-0.1, -0.05) is 30.3 Å². The molecule has 0 amide bonds. The number of pyridine rings is 1. The second kappa shape index (κ2) is 7.28. The molecule has 0 spiro atoms. The van der Waals surface area contributed by atoms with E-state index in [0.29, 0.717) is 13.2 Å². The van der Waals surface area contributed by atoms with E-state index in [9.17, 15) is 0 Å². The van der Waals surface area contributed by atoms with Crippen LogP contribution in [0.4, 0.5) is 0 Å². The third-order valence-electron chi connectivity index (χ3n) is 4.73. The Hall–Kier alpha value is -3.07. The average Bonchev–Trinajstić information content (AvgIpc) is 2.69. The van der Waals surface area contributed by atoms with Gasteiger partial charge in [-0.15, -0.1) is 0 Å². The molecule has 1 heterocycles. The maximum atomic E-state index is 5.77. The van der Waals surface area contributed by atoms with Crippen molar-refractivity contribution in [1.29, 1.82) is 0 Å². The minimum atomic E-state index is 0.597. The lowest BCUT2D eigenvalue weighted by atomic mass is 9.99. The minimum Gasteiger partial charge on any atom is -0.490 e. The Kier molecular flexibility index (Phi) is 4.68. The van der Waals surface area contributed by atoms with Gasteiger partial charge in [0.25, 0.3) is 0 Å². The van der Waals surface area contributed by atoms with Gasteiger partial charge in [0.1, 0.15) is 0 Å². The van der Waals surface area contributed by atoms with Crippen molar-refractivity contribution >= 4 is 21.7 Å². The van der Waals surface area contributed by atoms with Crippen molar-refractivity contribution in [3.63, 3.8) is 0 Å². The maximum absolute atomic E-state index is 5.77. The van der Waals surface area contributed by atoms with E-state index in [1.807, 2.05) is 32.0 Å². The van der Waals surface area contributed by atoms with E-state index in [-0.39, 0.29) is 0 Å². The number of aromatic nitrogens is 1. The molecule has 3 heteroatoms. The summed E-state index contributed by atoms with van der Waals surface area (Å²) >= 11 is 0. The third-order valence-corrected chi connectivity index (χ3v) is 4.73. The SMILES string of the molecule is CCOc1ccc(-c2cc(C)c3c(ccc4ccccc43)n2)cc1OCC. The number of hydrogen-bond donors (Lipinski definition) is 0. The van der Waals surface area contributed by atoms with Crippen molar-refractivity contribution in [3.05, 3.63) is 66.2 Å². The Labute approximate surface area is 159 Å². The van der Waals surface area contributed by atoms with E-state index in [0.717, 1.165) is 28.3 Å². The summed E-state index contributed by atoms with van der Waals surface area (Å²) < 4.78 is 11.5. The molecule has 136 valence electrons. The molecule has 0 saturated heterocycles. The number of hydrogen-bond acceptors (Lipinski definition) is 3. The van der Waals surface area contributed by atoms with Gasteiger partial charge in [0.05, 0.1) is 24.4 Å². The molecule has 0 fully saturated rings. The zero-order chi connectivity index (χ0) is 18.8. The lowest BCUT2D eigenvalue weighted by Crippen LogP contribution is -1.99. The summed E-state index contributed by atoms with van der Waals surface area (Å²) in [6, 6.07) is 20.9. The van der Waals surface area contributed by atoms with Crippen LogP contribution in [-0.4, -0.2) is 18.2 Å². The molecule has 27 heavy (non-hydrogen) atoms. The van der Waals surface area contributed by atoms with Gasteiger partial charge in [0.2, 0.25) is 0 Å². The molecule has 4 aromatic rings. The van der Waals surface area contributed by atoms with Gasteiger partial charge in [-0.05, 0) is 67.4 Å². The molecule has 4 rings (SSSR count). The first-order chi connectivity index (χ1) is 13.2. The highest BCUT2D eigenvalue weighted by atomic mass is 16.5. The summed E-state index contributed by atoms with van der Waals surface area (Å²) in [6.45, 7) is 7.31. The van der Waals surface area contributed by atoms with E-state index < -0.39 is 0 Å². The molecule has 3 nitrogen and oxygen atoms in total. The lowest BCUT2D eigenvalue weighted by molar-refractivity contribution is 0.288. The molecular formula is C24H23NO2. The second-order valence-electron chi connectivity index (χ2n) is 6.53. The fourth-order valence-electron chi connectivity index (χ4n) is 3.57. The Morgan fingerprint density at radius 3 is 2.41 bits per heavy atom. The number of ether oxygens (including phenoxy) is 2. The zero-order valence-electron chi connectivity index (χ0n) is 16.0. The van der Waals surface area contributed by atoms with Gasteiger partial charge >= 0.3 is 0 Å². The van der Waals surface area contributed by atoms with Crippen molar-refractivity contribution < 1.29 is 9.47 Å². The molecule has 0 aliphatic rings. The average molecular weight is 357 g/mol. The monoisotopic (exact) mass is 357 g/mol. The first-order valence-corrected chi connectivity index (χ1v) is 9.40. The molecule has 0 atom stereocenters. The van der Waals surface area contributed by atoms with Crippen LogP contribution in [0, 0.1) is 6.92 Å². The molecule has 0 aliphatic carbocycles. The van der Waals surface area contributed by atoms with Crippen molar-refractivity contribution in [3.8, 4) is 22.8 Å². The predicted molar refractivity (Wildman–Crippen MR) is 112 cm³/mol. The van der Waals surface area contributed by atoms with Crippen LogP contribution >= 0.6 is 0 Å². The molecular weight excluding hydrogens is 334 g/mol. The Morgan fingerprint density at radius 2 is 1.59 bits per heavy atom. The summed E-state index contributed by atoms with van der Waals surface area (Å²) in [5, 5.41) is 3.70. The highest BCUT2D eigenvalue weighted by molar-refractivity contribution is 6.08. The third kappa shape index (κ3) is 3.21. The van der Waals surface area contributed by atoms with Gasteiger partial charge in [-0.25, -0.2) is 4.98 Å². The normalized spacial score (nSPS) is 11.1. The van der Waals surface area contributed by atoms with E-state index >= 15 is 0 Å². The highest BCUT2D eigenvalue weighted by Gasteiger charge is 2.11. The van der Waals surface area contributed by atoms with Gasteiger partial charge in [0, 0.05) is 10.9 Å². The molecule has 0 unspecified atom stereocenters. The van der Waals surface area contributed by atoms with Gasteiger partial charge < -0.3 is 9.47 Å². The van der Waals surface area contributed by atoms with Crippen molar-refractivity contribution in [2.75, 3.05) is 13.2 Å². The summed E-state index contributed by atoms with van der Waals surface area (Å²) in [4.78, 5) is 4.94. The Bertz CT molecular complexity index is 1120. The standard InChI is InChI=1S/C24H23NO2/c1-4-26-22-13-11-18(15-23(22)27-5-2)21-14-16(3)24-19-9-7-6-8-17(19)10-12-20(24)25-21/h6-15H,4-5H2,1-3H3. The first kappa shape index (κ1) is 17.3. The van der Waals surface area contributed by atoms with Crippen molar-refractivity contribution in [2.24, 2.45) is 0 Å². The molecule has 0 saturated carbocycles. The zero-order valence-corrected chi connectivity index (χ0v) is 16.0. The minimum absolute atomic E-state index is 0.597. The molecule has 1 aromatic heterocycles. The highest BCUT2D eigenvalue weighted by Crippen LogP contribution is 2.35. The molecule has 0 aliphatic heterocycles. The lowest BCUT2D eigenvalue weighted by Gasteiger charge is -2.13. The van der Waals surface area contributed by atoms with Crippen LogP contribution in [-0.2, 0) is 0 Å². The smallest absolute Gasteiger partial charge is 0.161 e. The van der Waals surface area contributed by atoms with Gasteiger partial charge in [-0.3, -0.25) is 0 Å². The Morgan fingerprint density at radius 1 is 0.815 bits per heavy atom. The number of nitrogens with zero attached hydrogens (tertiary/aromatic N) is 1. The van der Waals surface area contributed by atoms with Crippen LogP contribution in [0.5, 0.6) is 11.5 Å². The van der Waals surface area contributed by atoms with Crippen molar-refractivity contribution in [2.45, 2.75) is 20.8 Å². The Balaban J connectivity index is 1.87. The summed E-state index contributed by atoms with van der Waals surface area (Å²) in [6.07, 6.45) is 0. The number of benzene rings is 3. The van der Waals surface area contributed by atoms with Gasteiger partial charge in [-0.2, -0.15) is 0 Å². The van der Waals surface area contributed by atoms with Crippen LogP contribution in [0.25, 0.3) is 32.9 Å². The van der Waals surface area contributed by atoms with E-state index in [1.54, 1.807) is 0 Å². The van der Waals surface area contributed by atoms with Crippen LogP contribution in [0.1, 0.15) is 19.4 Å². The van der Waals surface area contributed by atoms with E-state index in [1.165, 1.54) is 21.7 Å². The summed E-state index contributed by atoms with van der Waals surface area (Å²) in [5.41, 5.74) is 4.20. The molecule has 0 radical (unpaired) electrons. The first-order valence-electron chi connectivity index (χ1n) is 9.40. The largest absolute Gasteiger partial charge is 0.490 e. The van der Waals surface area contributed by atoms with Crippen LogP contribution in [0.3, 0.4) is 0 Å². The summed E-state index contributed by atoms with van der Waals surface area (Å²) in [7, 11) is 0. The fourth-order valence-corrected chi connectivity index (χ4v) is 3.57. The second-order valence-corrected chi connectivity index (χ2v) is 6.53. The van der Waals surface area contributed by atoms with E-state index in [4.69, 9.17) is 14.5 Å². The molecule has 3 aromatic carbocycles. The van der Waals surface area contributed by atoms with Crippen LogP contribution in [0.15, 0.2) is 60.7 Å². The molecule has 0 N–H and O–H groups in total. The number of fused-ring (bicyclic) bond motifs is 3. The summed E-state index contributed by atoms with van der Waals surface area (Å²) in [5.74, 6) is 1.53. The quantitative estimate of drug-likeness (QED) is 0.401. The van der Waals surface area contributed by atoms with Crippen LogP contribution in [0.2, 0.25) is 0 Å². The number of rotatable bonds is 5. The number of aryl methyl sites for hydroxylation is 1. The van der Waals surface area contributed by atoms with Crippen LogP contribution < -0.4 is 9.47 Å².